The third-order valence-corrected chi connectivity index (χ3v) is 3.66. The van der Waals surface area contributed by atoms with Crippen molar-refractivity contribution in [1.29, 1.82) is 5.41 Å². The summed E-state index contributed by atoms with van der Waals surface area (Å²) in [5.41, 5.74) is 2.05. The summed E-state index contributed by atoms with van der Waals surface area (Å²) >= 11 is 1.30. The van der Waals surface area contributed by atoms with Crippen LogP contribution in [0.4, 0.5) is 5.69 Å². The molecule has 1 heterocycles. The molecule has 4 heteroatoms. The van der Waals surface area contributed by atoms with Crippen LogP contribution < -0.4 is 4.90 Å². The number of rotatable bonds is 4. The Morgan fingerprint density at radius 3 is 2.82 bits per heavy atom. The number of aryl methyl sites for hydroxylation is 1. The number of unbranched alkanes of at least 4 members (excludes halogenated alkanes) is 1. The van der Waals surface area contributed by atoms with Crippen LogP contribution in [0.15, 0.2) is 24.3 Å². The van der Waals surface area contributed by atoms with E-state index in [1.807, 2.05) is 18.2 Å². The van der Waals surface area contributed by atoms with Gasteiger partial charge in [-0.05, 0) is 24.5 Å². The Balaban J connectivity index is 2.30. The molecule has 1 aliphatic heterocycles. The first kappa shape index (κ1) is 12.2. The van der Waals surface area contributed by atoms with Gasteiger partial charge in [-0.3, -0.25) is 15.1 Å². The molecule has 0 atom stereocenters. The highest BCUT2D eigenvalue weighted by Gasteiger charge is 2.29. The number of thioether (sulfide) groups is 1. The molecule has 1 N–H and O–H groups in total. The van der Waals surface area contributed by atoms with E-state index in [1.165, 1.54) is 16.7 Å². The lowest BCUT2D eigenvalue weighted by molar-refractivity contribution is -0.115. The Kier molecular flexibility index (Phi) is 3.84. The second-order valence-corrected chi connectivity index (χ2v) is 5.02. The van der Waals surface area contributed by atoms with Crippen molar-refractivity contribution >= 4 is 28.5 Å². The van der Waals surface area contributed by atoms with E-state index in [9.17, 15) is 4.79 Å². The van der Waals surface area contributed by atoms with Crippen molar-refractivity contribution in [2.45, 2.75) is 26.2 Å². The van der Waals surface area contributed by atoms with Crippen LogP contribution in [0.2, 0.25) is 0 Å². The number of anilines is 1. The summed E-state index contributed by atoms with van der Waals surface area (Å²) < 4.78 is 0. The van der Waals surface area contributed by atoms with Crippen molar-refractivity contribution in [3.8, 4) is 0 Å². The molecule has 0 radical (unpaired) electrons. The van der Waals surface area contributed by atoms with Gasteiger partial charge >= 0.3 is 0 Å². The molecule has 1 aromatic rings. The zero-order valence-electron chi connectivity index (χ0n) is 9.90. The fourth-order valence-corrected chi connectivity index (χ4v) is 2.64. The number of carbonyl (C=O) groups excluding carboxylic acids is 1. The van der Waals surface area contributed by atoms with E-state index >= 15 is 0 Å². The third-order valence-electron chi connectivity index (χ3n) is 2.82. The van der Waals surface area contributed by atoms with Gasteiger partial charge in [0, 0.05) is 0 Å². The van der Waals surface area contributed by atoms with Gasteiger partial charge in [-0.25, -0.2) is 0 Å². The molecular formula is C13H16N2OS. The van der Waals surface area contributed by atoms with Crippen molar-refractivity contribution in [2.24, 2.45) is 0 Å². The molecule has 3 nitrogen and oxygen atoms in total. The Bertz CT molecular complexity index is 429. The number of nitrogens with zero attached hydrogens (tertiary/aromatic N) is 1. The number of amides is 1. The minimum absolute atomic E-state index is 0.0175. The van der Waals surface area contributed by atoms with Crippen LogP contribution in [0.3, 0.4) is 0 Å². The van der Waals surface area contributed by atoms with E-state index in [4.69, 9.17) is 5.41 Å². The SMILES string of the molecule is CCCCc1ccccc1N1C(=N)SCC1=O. The summed E-state index contributed by atoms with van der Waals surface area (Å²) in [5, 5.41) is 8.16. The smallest absolute Gasteiger partial charge is 0.243 e. The molecule has 90 valence electrons. The zero-order valence-corrected chi connectivity index (χ0v) is 10.7. The van der Waals surface area contributed by atoms with E-state index in [2.05, 4.69) is 13.0 Å². The fraction of sp³-hybridized carbons (Fsp3) is 0.385. The van der Waals surface area contributed by atoms with E-state index in [0.717, 1.165) is 30.5 Å². The van der Waals surface area contributed by atoms with Gasteiger partial charge in [-0.15, -0.1) is 0 Å². The lowest BCUT2D eigenvalue weighted by Crippen LogP contribution is -2.29. The van der Waals surface area contributed by atoms with Crippen molar-refractivity contribution in [1.82, 2.24) is 0 Å². The Labute approximate surface area is 106 Å². The minimum Gasteiger partial charge on any atom is -0.278 e. The lowest BCUT2D eigenvalue weighted by Gasteiger charge is -2.18. The van der Waals surface area contributed by atoms with Crippen LogP contribution in [0.5, 0.6) is 0 Å². The number of hydrogen-bond acceptors (Lipinski definition) is 3. The van der Waals surface area contributed by atoms with Gasteiger partial charge in [0.15, 0.2) is 5.17 Å². The second kappa shape index (κ2) is 5.36. The van der Waals surface area contributed by atoms with E-state index in [1.54, 1.807) is 0 Å². The summed E-state index contributed by atoms with van der Waals surface area (Å²) in [5.74, 6) is 0.407. The number of amidine groups is 1. The van der Waals surface area contributed by atoms with E-state index in [-0.39, 0.29) is 5.91 Å². The highest BCUT2D eigenvalue weighted by molar-refractivity contribution is 8.15. The first-order chi connectivity index (χ1) is 8.24. The highest BCUT2D eigenvalue weighted by atomic mass is 32.2. The molecule has 0 saturated carbocycles. The van der Waals surface area contributed by atoms with E-state index < -0.39 is 0 Å². The summed E-state index contributed by atoms with van der Waals surface area (Å²) in [6.07, 6.45) is 3.21. The molecule has 0 bridgehead atoms. The maximum absolute atomic E-state index is 11.8. The normalized spacial score (nSPS) is 15.7. The number of benzene rings is 1. The first-order valence-corrected chi connectivity index (χ1v) is 6.84. The van der Waals surface area contributed by atoms with Crippen LogP contribution >= 0.6 is 11.8 Å². The summed E-state index contributed by atoms with van der Waals surface area (Å²) in [7, 11) is 0. The monoisotopic (exact) mass is 248 g/mol. The van der Waals surface area contributed by atoms with Gasteiger partial charge < -0.3 is 0 Å². The van der Waals surface area contributed by atoms with Gasteiger partial charge in [-0.1, -0.05) is 43.3 Å². The number of hydrogen-bond donors (Lipinski definition) is 1. The fourth-order valence-electron chi connectivity index (χ4n) is 1.92. The van der Waals surface area contributed by atoms with Crippen LogP contribution in [-0.4, -0.2) is 16.8 Å². The Hall–Kier alpha value is -1.29. The standard InChI is InChI=1S/C13H16N2OS/c1-2-3-6-10-7-4-5-8-11(10)15-12(16)9-17-13(15)14/h4-5,7-8,14H,2-3,6,9H2,1H3. The molecule has 1 aliphatic rings. The molecule has 0 aliphatic carbocycles. The summed E-state index contributed by atoms with van der Waals surface area (Å²) in [6.45, 7) is 2.15. The predicted molar refractivity (Wildman–Crippen MR) is 72.7 cm³/mol. The Morgan fingerprint density at radius 1 is 1.41 bits per heavy atom. The van der Waals surface area contributed by atoms with Crippen molar-refractivity contribution in [2.75, 3.05) is 10.7 Å². The molecule has 1 fully saturated rings. The minimum atomic E-state index is 0.0175. The van der Waals surface area contributed by atoms with Crippen LogP contribution in [0, 0.1) is 5.41 Å². The van der Waals surface area contributed by atoms with Crippen LogP contribution in [0.1, 0.15) is 25.3 Å². The third kappa shape index (κ3) is 2.52. The largest absolute Gasteiger partial charge is 0.278 e. The quantitative estimate of drug-likeness (QED) is 0.890. The summed E-state index contributed by atoms with van der Waals surface area (Å²) in [4.78, 5) is 13.3. The molecule has 2 rings (SSSR count). The van der Waals surface area contributed by atoms with Crippen molar-refractivity contribution < 1.29 is 4.79 Å². The molecule has 1 saturated heterocycles. The van der Waals surface area contributed by atoms with Crippen molar-refractivity contribution in [3.05, 3.63) is 29.8 Å². The molecule has 0 spiro atoms. The zero-order chi connectivity index (χ0) is 12.3. The molecule has 0 unspecified atom stereocenters. The molecule has 0 aromatic heterocycles. The number of para-hydroxylation sites is 1. The number of carbonyl (C=O) groups is 1. The summed E-state index contributed by atoms with van der Waals surface area (Å²) in [6, 6.07) is 7.90. The first-order valence-electron chi connectivity index (χ1n) is 5.86. The Morgan fingerprint density at radius 2 is 2.18 bits per heavy atom. The molecule has 1 aromatic carbocycles. The van der Waals surface area contributed by atoms with Gasteiger partial charge in [-0.2, -0.15) is 0 Å². The average molecular weight is 248 g/mol. The van der Waals surface area contributed by atoms with Gasteiger partial charge in [0.05, 0.1) is 11.4 Å². The van der Waals surface area contributed by atoms with Crippen molar-refractivity contribution in [3.63, 3.8) is 0 Å². The number of nitrogens with one attached hydrogen (secondary N) is 1. The maximum Gasteiger partial charge on any atom is 0.243 e. The van der Waals surface area contributed by atoms with E-state index in [0.29, 0.717) is 10.9 Å². The highest BCUT2D eigenvalue weighted by Crippen LogP contribution is 2.29. The second-order valence-electron chi connectivity index (χ2n) is 4.06. The van der Waals surface area contributed by atoms with Gasteiger partial charge in [0.1, 0.15) is 0 Å². The molecular weight excluding hydrogens is 232 g/mol. The predicted octanol–water partition coefficient (Wildman–Crippen LogP) is 3.04. The van der Waals surface area contributed by atoms with Crippen LogP contribution in [-0.2, 0) is 11.2 Å². The maximum atomic E-state index is 11.8. The molecule has 1 amide bonds. The average Bonchev–Trinajstić information content (AvgIpc) is 2.67. The van der Waals surface area contributed by atoms with Gasteiger partial charge in [0.25, 0.3) is 0 Å². The van der Waals surface area contributed by atoms with Crippen LogP contribution in [0.25, 0.3) is 0 Å². The lowest BCUT2D eigenvalue weighted by atomic mass is 10.1. The molecule has 17 heavy (non-hydrogen) atoms. The van der Waals surface area contributed by atoms with Gasteiger partial charge in [0.2, 0.25) is 5.91 Å². The topological polar surface area (TPSA) is 44.2 Å².